The number of anilines is 1. The molecule has 0 spiro atoms. The van der Waals surface area contributed by atoms with E-state index in [2.05, 4.69) is 10.1 Å². The first-order chi connectivity index (χ1) is 12.8. The summed E-state index contributed by atoms with van der Waals surface area (Å²) < 4.78 is 29.8. The maximum atomic E-state index is 12.3. The molecule has 0 saturated heterocycles. The van der Waals surface area contributed by atoms with E-state index in [-0.39, 0.29) is 13.1 Å². The van der Waals surface area contributed by atoms with Gasteiger partial charge in [-0.1, -0.05) is 36.4 Å². The van der Waals surface area contributed by atoms with E-state index in [1.54, 1.807) is 18.2 Å². The molecule has 8 heteroatoms. The molecule has 7 nitrogen and oxygen atoms in total. The molecule has 0 heterocycles. The first kappa shape index (κ1) is 20.6. The Morgan fingerprint density at radius 1 is 1.07 bits per heavy atom. The topological polar surface area (TPSA) is 92.8 Å². The van der Waals surface area contributed by atoms with Gasteiger partial charge in [-0.05, 0) is 30.2 Å². The second-order valence-electron chi connectivity index (χ2n) is 5.95. The molecule has 0 aliphatic carbocycles. The third-order valence-corrected chi connectivity index (χ3v) is 5.10. The second-order valence-corrected chi connectivity index (χ2v) is 7.94. The molecule has 0 saturated carbocycles. The van der Waals surface area contributed by atoms with Gasteiger partial charge >= 0.3 is 5.97 Å². The summed E-state index contributed by atoms with van der Waals surface area (Å²) in [5.41, 5.74) is 1.66. The number of rotatable bonds is 8. The third kappa shape index (κ3) is 6.50. The Kier molecular flexibility index (Phi) is 7.09. The van der Waals surface area contributed by atoms with Crippen LogP contribution in [0.5, 0.6) is 0 Å². The number of methoxy groups -OCH3 is 1. The lowest BCUT2D eigenvalue weighted by Crippen LogP contribution is -2.38. The van der Waals surface area contributed by atoms with Crippen LogP contribution in [0.3, 0.4) is 0 Å². The van der Waals surface area contributed by atoms with E-state index < -0.39 is 21.9 Å². The standard InChI is InChI=1S/C19H22N2O5S/c1-26-19(23)16-9-6-10-17(13-16)20-18(22)14-21(27(2,24)25)12-11-15-7-4-3-5-8-15/h3-10,13H,11-12,14H2,1-2H3,(H,20,22). The van der Waals surface area contributed by atoms with Crippen molar-refractivity contribution in [1.82, 2.24) is 4.31 Å². The predicted molar refractivity (Wildman–Crippen MR) is 103 cm³/mol. The molecular weight excluding hydrogens is 368 g/mol. The number of carbonyl (C=O) groups excluding carboxylic acids is 2. The van der Waals surface area contributed by atoms with Crippen molar-refractivity contribution in [1.29, 1.82) is 0 Å². The summed E-state index contributed by atoms with van der Waals surface area (Å²) in [5, 5.41) is 2.61. The Morgan fingerprint density at radius 3 is 2.41 bits per heavy atom. The molecule has 0 bridgehead atoms. The Balaban J connectivity index is 2.02. The highest BCUT2D eigenvalue weighted by atomic mass is 32.2. The number of amides is 1. The van der Waals surface area contributed by atoms with Gasteiger partial charge in [-0.25, -0.2) is 13.2 Å². The average molecular weight is 390 g/mol. The summed E-state index contributed by atoms with van der Waals surface area (Å²) in [4.78, 5) is 23.9. The second kappa shape index (κ2) is 9.29. The number of ether oxygens (including phenoxy) is 1. The van der Waals surface area contributed by atoms with Crippen LogP contribution < -0.4 is 5.32 Å². The van der Waals surface area contributed by atoms with E-state index in [0.717, 1.165) is 16.1 Å². The van der Waals surface area contributed by atoms with Crippen LogP contribution in [-0.2, 0) is 26.0 Å². The fourth-order valence-electron chi connectivity index (χ4n) is 2.46. The van der Waals surface area contributed by atoms with Gasteiger partial charge in [0.15, 0.2) is 0 Å². The SMILES string of the molecule is COC(=O)c1cccc(NC(=O)CN(CCc2ccccc2)S(C)(=O)=O)c1. The van der Waals surface area contributed by atoms with Crippen molar-refractivity contribution in [2.45, 2.75) is 6.42 Å². The largest absolute Gasteiger partial charge is 0.465 e. The highest BCUT2D eigenvalue weighted by Crippen LogP contribution is 2.12. The van der Waals surface area contributed by atoms with Crippen molar-refractivity contribution >= 4 is 27.6 Å². The molecule has 27 heavy (non-hydrogen) atoms. The van der Waals surface area contributed by atoms with E-state index in [1.807, 2.05) is 30.3 Å². The van der Waals surface area contributed by atoms with Crippen molar-refractivity contribution in [3.63, 3.8) is 0 Å². The third-order valence-electron chi connectivity index (χ3n) is 3.85. The van der Waals surface area contributed by atoms with Crippen LogP contribution in [0.1, 0.15) is 15.9 Å². The minimum absolute atomic E-state index is 0.193. The highest BCUT2D eigenvalue weighted by molar-refractivity contribution is 7.88. The predicted octanol–water partition coefficient (Wildman–Crippen LogP) is 1.92. The Bertz CT molecular complexity index is 897. The van der Waals surface area contributed by atoms with Crippen LogP contribution in [0.2, 0.25) is 0 Å². The smallest absolute Gasteiger partial charge is 0.337 e. The average Bonchev–Trinajstić information content (AvgIpc) is 2.64. The maximum absolute atomic E-state index is 12.3. The number of hydrogen-bond donors (Lipinski definition) is 1. The van der Waals surface area contributed by atoms with Crippen molar-refractivity contribution in [3.05, 3.63) is 65.7 Å². The van der Waals surface area contributed by atoms with Crippen LogP contribution in [0.25, 0.3) is 0 Å². The number of sulfonamides is 1. The minimum atomic E-state index is -3.55. The highest BCUT2D eigenvalue weighted by Gasteiger charge is 2.20. The molecule has 1 N–H and O–H groups in total. The van der Waals surface area contributed by atoms with E-state index in [4.69, 9.17) is 0 Å². The van der Waals surface area contributed by atoms with Crippen molar-refractivity contribution < 1.29 is 22.7 Å². The fraction of sp³-hybridized carbons (Fsp3) is 0.263. The summed E-state index contributed by atoms with van der Waals surface area (Å²) in [6.45, 7) is -0.118. The molecule has 2 aromatic rings. The van der Waals surface area contributed by atoms with Gasteiger partial charge < -0.3 is 10.1 Å². The summed E-state index contributed by atoms with van der Waals surface area (Å²) in [5.74, 6) is -1.01. The molecule has 2 rings (SSSR count). The molecule has 0 fully saturated rings. The normalized spacial score (nSPS) is 11.2. The first-order valence-electron chi connectivity index (χ1n) is 8.27. The molecule has 0 radical (unpaired) electrons. The molecule has 0 unspecified atom stereocenters. The number of nitrogens with zero attached hydrogens (tertiary/aromatic N) is 1. The van der Waals surface area contributed by atoms with Gasteiger partial charge in [0.1, 0.15) is 0 Å². The zero-order chi connectivity index (χ0) is 19.9. The van der Waals surface area contributed by atoms with Crippen LogP contribution >= 0.6 is 0 Å². The number of esters is 1. The summed E-state index contributed by atoms with van der Waals surface area (Å²) in [6.07, 6.45) is 1.57. The van der Waals surface area contributed by atoms with Crippen LogP contribution in [-0.4, -0.2) is 51.1 Å². The quantitative estimate of drug-likeness (QED) is 0.695. The van der Waals surface area contributed by atoms with Gasteiger partial charge in [-0.2, -0.15) is 4.31 Å². The number of carbonyl (C=O) groups is 2. The van der Waals surface area contributed by atoms with E-state index >= 15 is 0 Å². The van der Waals surface area contributed by atoms with Crippen LogP contribution in [0, 0.1) is 0 Å². The van der Waals surface area contributed by atoms with E-state index in [0.29, 0.717) is 17.7 Å². The van der Waals surface area contributed by atoms with E-state index in [1.165, 1.54) is 13.2 Å². The first-order valence-corrected chi connectivity index (χ1v) is 10.1. The lowest BCUT2D eigenvalue weighted by atomic mass is 10.1. The van der Waals surface area contributed by atoms with E-state index in [9.17, 15) is 18.0 Å². The fourth-order valence-corrected chi connectivity index (χ4v) is 3.24. The number of benzene rings is 2. The van der Waals surface area contributed by atoms with Gasteiger partial charge in [0.2, 0.25) is 15.9 Å². The summed E-state index contributed by atoms with van der Waals surface area (Å²) in [6, 6.07) is 15.7. The van der Waals surface area contributed by atoms with Gasteiger partial charge in [-0.15, -0.1) is 0 Å². The molecule has 0 aromatic heterocycles. The molecule has 0 aliphatic rings. The van der Waals surface area contributed by atoms with Gasteiger partial charge in [0, 0.05) is 12.2 Å². The van der Waals surface area contributed by atoms with Crippen LogP contribution in [0.4, 0.5) is 5.69 Å². The zero-order valence-electron chi connectivity index (χ0n) is 15.2. The van der Waals surface area contributed by atoms with Crippen LogP contribution in [0.15, 0.2) is 54.6 Å². The van der Waals surface area contributed by atoms with Gasteiger partial charge in [0.05, 0.1) is 25.5 Å². The Morgan fingerprint density at radius 2 is 1.78 bits per heavy atom. The zero-order valence-corrected chi connectivity index (χ0v) is 16.0. The molecule has 2 aromatic carbocycles. The molecule has 1 amide bonds. The molecular formula is C19H22N2O5S. The lowest BCUT2D eigenvalue weighted by Gasteiger charge is -2.19. The summed E-state index contributed by atoms with van der Waals surface area (Å²) >= 11 is 0. The van der Waals surface area contributed by atoms with Gasteiger partial charge in [-0.3, -0.25) is 4.79 Å². The number of hydrogen-bond acceptors (Lipinski definition) is 5. The lowest BCUT2D eigenvalue weighted by molar-refractivity contribution is -0.116. The Hall–Kier alpha value is -2.71. The number of nitrogens with one attached hydrogen (secondary N) is 1. The molecule has 0 atom stereocenters. The van der Waals surface area contributed by atoms with Crippen molar-refractivity contribution in [3.8, 4) is 0 Å². The monoisotopic (exact) mass is 390 g/mol. The van der Waals surface area contributed by atoms with Gasteiger partial charge in [0.25, 0.3) is 0 Å². The van der Waals surface area contributed by atoms with Crippen molar-refractivity contribution in [2.75, 3.05) is 31.8 Å². The molecule has 144 valence electrons. The maximum Gasteiger partial charge on any atom is 0.337 e. The Labute approximate surface area is 159 Å². The minimum Gasteiger partial charge on any atom is -0.465 e. The molecule has 0 aliphatic heterocycles. The summed E-state index contributed by atoms with van der Waals surface area (Å²) in [7, 11) is -2.28. The van der Waals surface area contributed by atoms with Crippen molar-refractivity contribution in [2.24, 2.45) is 0 Å².